The Labute approximate surface area is 142 Å². The van der Waals surface area contributed by atoms with Gasteiger partial charge >= 0.3 is 0 Å². The average molecular weight is 327 g/mol. The van der Waals surface area contributed by atoms with Crippen LogP contribution in [0, 0.1) is 0 Å². The first-order valence-electron chi connectivity index (χ1n) is 8.72. The number of likely N-dealkylation sites (tertiary alicyclic amines) is 1. The van der Waals surface area contributed by atoms with Crippen molar-refractivity contribution in [3.05, 3.63) is 58.3 Å². The van der Waals surface area contributed by atoms with Crippen LogP contribution < -0.4 is 5.43 Å². The molecule has 0 spiro atoms. The molecule has 0 aromatic carbocycles. The summed E-state index contributed by atoms with van der Waals surface area (Å²) >= 11 is 0. The van der Waals surface area contributed by atoms with Gasteiger partial charge in [-0.2, -0.15) is 0 Å². The number of nitrogens with zero attached hydrogens (tertiary/aromatic N) is 3. The summed E-state index contributed by atoms with van der Waals surface area (Å²) in [6.45, 7) is 4.64. The summed E-state index contributed by atoms with van der Waals surface area (Å²) in [6.07, 6.45) is 9.96. The normalized spacial score (nSPS) is 18.6. The molecule has 0 saturated carbocycles. The Hall–Kier alpha value is -2.14. The van der Waals surface area contributed by atoms with E-state index in [1.807, 2.05) is 22.9 Å². The van der Waals surface area contributed by atoms with Crippen LogP contribution in [-0.4, -0.2) is 32.1 Å². The summed E-state index contributed by atoms with van der Waals surface area (Å²) in [7, 11) is 0. The minimum atomic E-state index is -0.308. The Morgan fingerprint density at radius 3 is 2.96 bits per heavy atom. The standard InChI is InChI=1S/C19H25N3O2/c1-2-16-7-3-4-9-21(16)13-17-10-18(23)19(24)14-22(17)12-15-6-5-8-20-11-15/h5-6,8,10-11,14,16,24H,2-4,7,9,12-13H2,1H3. The number of piperidine rings is 1. The summed E-state index contributed by atoms with van der Waals surface area (Å²) in [4.78, 5) is 18.6. The highest BCUT2D eigenvalue weighted by Gasteiger charge is 2.22. The van der Waals surface area contributed by atoms with E-state index < -0.39 is 0 Å². The van der Waals surface area contributed by atoms with Crippen molar-refractivity contribution < 1.29 is 5.11 Å². The number of pyridine rings is 2. The first-order chi connectivity index (χ1) is 11.7. The third kappa shape index (κ3) is 3.85. The molecule has 0 radical (unpaired) electrons. The van der Waals surface area contributed by atoms with Crippen LogP contribution in [0.25, 0.3) is 0 Å². The topological polar surface area (TPSA) is 58.4 Å². The lowest BCUT2D eigenvalue weighted by Crippen LogP contribution is -2.39. The second-order valence-electron chi connectivity index (χ2n) is 6.53. The molecule has 2 aromatic rings. The van der Waals surface area contributed by atoms with Crippen LogP contribution in [0.15, 0.2) is 41.6 Å². The highest BCUT2D eigenvalue weighted by atomic mass is 16.3. The van der Waals surface area contributed by atoms with Crippen molar-refractivity contribution in [3.63, 3.8) is 0 Å². The third-order valence-electron chi connectivity index (χ3n) is 4.86. The second kappa shape index (κ2) is 7.62. The molecular weight excluding hydrogens is 302 g/mol. The Morgan fingerprint density at radius 2 is 2.21 bits per heavy atom. The molecule has 5 heteroatoms. The lowest BCUT2D eigenvalue weighted by Gasteiger charge is -2.35. The zero-order valence-corrected chi connectivity index (χ0v) is 14.2. The molecular formula is C19H25N3O2. The van der Waals surface area contributed by atoms with Gasteiger partial charge in [0.25, 0.3) is 0 Å². The van der Waals surface area contributed by atoms with E-state index in [2.05, 4.69) is 16.8 Å². The van der Waals surface area contributed by atoms with Gasteiger partial charge in [-0.3, -0.25) is 14.7 Å². The number of aromatic nitrogens is 2. The highest BCUT2D eigenvalue weighted by Crippen LogP contribution is 2.22. The van der Waals surface area contributed by atoms with Crippen LogP contribution in [-0.2, 0) is 13.1 Å². The minimum absolute atomic E-state index is 0.201. The number of hydrogen-bond donors (Lipinski definition) is 1. The zero-order valence-electron chi connectivity index (χ0n) is 14.2. The smallest absolute Gasteiger partial charge is 0.223 e. The fourth-order valence-electron chi connectivity index (χ4n) is 3.51. The molecule has 1 N–H and O–H groups in total. The van der Waals surface area contributed by atoms with Crippen LogP contribution in [0.3, 0.4) is 0 Å². The van der Waals surface area contributed by atoms with Gasteiger partial charge in [-0.1, -0.05) is 19.4 Å². The van der Waals surface area contributed by atoms with Gasteiger partial charge in [0.05, 0.1) is 6.20 Å². The molecule has 1 aliphatic heterocycles. The predicted octanol–water partition coefficient (Wildman–Crippen LogP) is 2.76. The molecule has 1 aliphatic rings. The largest absolute Gasteiger partial charge is 0.503 e. The van der Waals surface area contributed by atoms with Gasteiger partial charge in [-0.15, -0.1) is 0 Å². The van der Waals surface area contributed by atoms with Crippen molar-refractivity contribution >= 4 is 0 Å². The van der Waals surface area contributed by atoms with Gasteiger partial charge in [0.2, 0.25) is 5.43 Å². The fraction of sp³-hybridized carbons (Fsp3) is 0.474. The first-order valence-corrected chi connectivity index (χ1v) is 8.72. The van der Waals surface area contributed by atoms with Gasteiger partial charge in [0, 0.05) is 43.3 Å². The Morgan fingerprint density at radius 1 is 1.33 bits per heavy atom. The van der Waals surface area contributed by atoms with Gasteiger partial charge < -0.3 is 9.67 Å². The van der Waals surface area contributed by atoms with E-state index in [-0.39, 0.29) is 11.2 Å². The van der Waals surface area contributed by atoms with Gasteiger partial charge in [0.1, 0.15) is 0 Å². The minimum Gasteiger partial charge on any atom is -0.503 e. The molecule has 128 valence electrons. The van der Waals surface area contributed by atoms with Crippen molar-refractivity contribution in [2.75, 3.05) is 6.54 Å². The second-order valence-corrected chi connectivity index (χ2v) is 6.53. The SMILES string of the molecule is CCC1CCCCN1Cc1cc(=O)c(O)cn1Cc1cccnc1. The van der Waals surface area contributed by atoms with Crippen molar-refractivity contribution in [2.24, 2.45) is 0 Å². The van der Waals surface area contributed by atoms with E-state index in [9.17, 15) is 9.90 Å². The fourth-order valence-corrected chi connectivity index (χ4v) is 3.51. The molecule has 3 heterocycles. The number of rotatable bonds is 5. The van der Waals surface area contributed by atoms with Gasteiger partial charge in [-0.25, -0.2) is 0 Å². The molecule has 1 unspecified atom stereocenters. The molecule has 5 nitrogen and oxygen atoms in total. The van der Waals surface area contributed by atoms with Crippen molar-refractivity contribution in [2.45, 2.75) is 51.7 Å². The van der Waals surface area contributed by atoms with Gasteiger partial charge in [-0.05, 0) is 37.4 Å². The van der Waals surface area contributed by atoms with Crippen LogP contribution >= 0.6 is 0 Å². The molecule has 1 saturated heterocycles. The molecule has 2 aromatic heterocycles. The van der Waals surface area contributed by atoms with Crippen molar-refractivity contribution in [1.29, 1.82) is 0 Å². The van der Waals surface area contributed by atoms with E-state index in [1.54, 1.807) is 18.5 Å². The third-order valence-corrected chi connectivity index (χ3v) is 4.86. The monoisotopic (exact) mass is 327 g/mol. The van der Waals surface area contributed by atoms with Crippen LogP contribution in [0.5, 0.6) is 5.75 Å². The van der Waals surface area contributed by atoms with Crippen LogP contribution in [0.4, 0.5) is 0 Å². The molecule has 1 atom stereocenters. The molecule has 0 bridgehead atoms. The van der Waals surface area contributed by atoms with E-state index in [0.29, 0.717) is 12.6 Å². The molecule has 0 amide bonds. The summed E-state index contributed by atoms with van der Waals surface area (Å²) in [5, 5.41) is 9.84. The van der Waals surface area contributed by atoms with Crippen molar-refractivity contribution in [1.82, 2.24) is 14.5 Å². The highest BCUT2D eigenvalue weighted by molar-refractivity contribution is 5.22. The summed E-state index contributed by atoms with van der Waals surface area (Å²) in [5.41, 5.74) is 1.69. The van der Waals surface area contributed by atoms with E-state index in [4.69, 9.17) is 0 Å². The first kappa shape index (κ1) is 16.7. The Kier molecular flexibility index (Phi) is 5.30. The summed E-state index contributed by atoms with van der Waals surface area (Å²) in [6, 6.07) is 6.05. The Balaban J connectivity index is 1.88. The Bertz CT molecular complexity index is 727. The zero-order chi connectivity index (χ0) is 16.9. The maximum absolute atomic E-state index is 11.9. The predicted molar refractivity (Wildman–Crippen MR) is 94.0 cm³/mol. The summed E-state index contributed by atoms with van der Waals surface area (Å²) in [5.74, 6) is -0.201. The number of hydrogen-bond acceptors (Lipinski definition) is 4. The lowest BCUT2D eigenvalue weighted by molar-refractivity contribution is 0.132. The maximum Gasteiger partial charge on any atom is 0.223 e. The average Bonchev–Trinajstić information content (AvgIpc) is 2.60. The van der Waals surface area contributed by atoms with Crippen molar-refractivity contribution in [3.8, 4) is 5.75 Å². The van der Waals surface area contributed by atoms with E-state index in [0.717, 1.165) is 30.8 Å². The molecule has 1 fully saturated rings. The van der Waals surface area contributed by atoms with E-state index in [1.165, 1.54) is 19.3 Å². The van der Waals surface area contributed by atoms with Gasteiger partial charge in [0.15, 0.2) is 5.75 Å². The lowest BCUT2D eigenvalue weighted by atomic mass is 10.00. The molecule has 24 heavy (non-hydrogen) atoms. The summed E-state index contributed by atoms with van der Waals surface area (Å²) < 4.78 is 1.97. The molecule has 3 rings (SSSR count). The van der Waals surface area contributed by atoms with Crippen LogP contribution in [0.2, 0.25) is 0 Å². The maximum atomic E-state index is 11.9. The quantitative estimate of drug-likeness (QED) is 0.917. The van der Waals surface area contributed by atoms with Crippen LogP contribution in [0.1, 0.15) is 43.9 Å². The number of aromatic hydroxyl groups is 1. The molecule has 0 aliphatic carbocycles. The van der Waals surface area contributed by atoms with E-state index >= 15 is 0 Å².